The van der Waals surface area contributed by atoms with E-state index in [1.807, 2.05) is 13.8 Å². The van der Waals surface area contributed by atoms with E-state index in [1.54, 1.807) is 16.2 Å². The smallest absolute Gasteiger partial charge is 0.317 e. The minimum Gasteiger partial charge on any atom is -0.396 e. The summed E-state index contributed by atoms with van der Waals surface area (Å²) < 4.78 is 0. The Balaban J connectivity index is 1.82. The van der Waals surface area contributed by atoms with Gasteiger partial charge < -0.3 is 15.3 Å². The highest BCUT2D eigenvalue weighted by molar-refractivity contribution is 7.11. The average molecular weight is 269 g/mol. The molecule has 0 saturated carbocycles. The number of urea groups is 1. The number of carbonyl (C=O) groups excluding carboxylic acids is 1. The van der Waals surface area contributed by atoms with Gasteiger partial charge in [0.15, 0.2) is 0 Å². The van der Waals surface area contributed by atoms with E-state index in [9.17, 15) is 4.79 Å². The van der Waals surface area contributed by atoms with E-state index in [4.69, 9.17) is 5.11 Å². The SMILES string of the molecule is Cc1nc(CNC(=O)N2CCC(CO)C2)sc1C. The first-order valence-electron chi connectivity index (χ1n) is 6.16. The summed E-state index contributed by atoms with van der Waals surface area (Å²) in [5, 5.41) is 12.9. The quantitative estimate of drug-likeness (QED) is 0.869. The third-order valence-corrected chi connectivity index (χ3v) is 4.37. The van der Waals surface area contributed by atoms with E-state index in [0.29, 0.717) is 13.1 Å². The van der Waals surface area contributed by atoms with E-state index in [1.165, 1.54) is 4.88 Å². The van der Waals surface area contributed by atoms with Crippen molar-refractivity contribution in [3.05, 3.63) is 15.6 Å². The van der Waals surface area contributed by atoms with Crippen molar-refractivity contribution >= 4 is 17.4 Å². The van der Waals surface area contributed by atoms with Crippen LogP contribution in [0.25, 0.3) is 0 Å². The fraction of sp³-hybridized carbons (Fsp3) is 0.667. The van der Waals surface area contributed by atoms with Crippen molar-refractivity contribution in [2.45, 2.75) is 26.8 Å². The fourth-order valence-electron chi connectivity index (χ4n) is 2.04. The third-order valence-electron chi connectivity index (χ3n) is 3.29. The fourth-order valence-corrected chi connectivity index (χ4v) is 2.92. The number of thiazole rings is 1. The Morgan fingerprint density at radius 2 is 2.39 bits per heavy atom. The number of nitrogens with zero attached hydrogens (tertiary/aromatic N) is 2. The zero-order valence-corrected chi connectivity index (χ0v) is 11.6. The topological polar surface area (TPSA) is 65.5 Å². The summed E-state index contributed by atoms with van der Waals surface area (Å²) >= 11 is 1.62. The lowest BCUT2D eigenvalue weighted by molar-refractivity contribution is 0.198. The van der Waals surface area contributed by atoms with Crippen molar-refractivity contribution in [3.63, 3.8) is 0 Å². The van der Waals surface area contributed by atoms with Crippen LogP contribution in [-0.4, -0.2) is 40.7 Å². The van der Waals surface area contributed by atoms with Crippen LogP contribution in [0.4, 0.5) is 4.79 Å². The maximum atomic E-state index is 11.9. The van der Waals surface area contributed by atoms with Crippen LogP contribution in [0.5, 0.6) is 0 Å². The first kappa shape index (κ1) is 13.3. The van der Waals surface area contributed by atoms with Crippen molar-refractivity contribution in [1.29, 1.82) is 0 Å². The Kier molecular flexibility index (Phi) is 4.19. The number of aliphatic hydroxyl groups is 1. The molecule has 1 aliphatic rings. The van der Waals surface area contributed by atoms with E-state index in [0.717, 1.165) is 23.7 Å². The predicted molar refractivity (Wildman–Crippen MR) is 70.6 cm³/mol. The average Bonchev–Trinajstić information content (AvgIpc) is 2.94. The van der Waals surface area contributed by atoms with E-state index < -0.39 is 0 Å². The maximum absolute atomic E-state index is 11.9. The Hall–Kier alpha value is -1.14. The van der Waals surface area contributed by atoms with Gasteiger partial charge in [-0.3, -0.25) is 0 Å². The Labute approximate surface area is 111 Å². The first-order chi connectivity index (χ1) is 8.60. The van der Waals surface area contributed by atoms with Gasteiger partial charge in [0, 0.05) is 30.5 Å². The number of aromatic nitrogens is 1. The summed E-state index contributed by atoms with van der Waals surface area (Å²) in [7, 11) is 0. The van der Waals surface area contributed by atoms with Crippen LogP contribution < -0.4 is 5.32 Å². The van der Waals surface area contributed by atoms with Crippen LogP contribution >= 0.6 is 11.3 Å². The Morgan fingerprint density at radius 3 is 2.94 bits per heavy atom. The van der Waals surface area contributed by atoms with E-state index in [2.05, 4.69) is 10.3 Å². The molecule has 18 heavy (non-hydrogen) atoms. The van der Waals surface area contributed by atoms with Crippen LogP contribution in [0.2, 0.25) is 0 Å². The first-order valence-corrected chi connectivity index (χ1v) is 6.98. The Bertz CT molecular complexity index is 413. The molecule has 2 N–H and O–H groups in total. The molecule has 5 nitrogen and oxygen atoms in total. The van der Waals surface area contributed by atoms with Gasteiger partial charge in [0.05, 0.1) is 12.2 Å². The van der Waals surface area contributed by atoms with Crippen molar-refractivity contribution in [2.24, 2.45) is 5.92 Å². The number of aliphatic hydroxyl groups excluding tert-OH is 1. The van der Waals surface area contributed by atoms with Gasteiger partial charge in [0.2, 0.25) is 0 Å². The van der Waals surface area contributed by atoms with Crippen molar-refractivity contribution in [3.8, 4) is 0 Å². The monoisotopic (exact) mass is 269 g/mol. The van der Waals surface area contributed by atoms with Gasteiger partial charge in [0.25, 0.3) is 0 Å². The number of amides is 2. The molecular formula is C12H19N3O2S. The molecule has 2 rings (SSSR count). The second kappa shape index (κ2) is 5.67. The summed E-state index contributed by atoms with van der Waals surface area (Å²) in [6.07, 6.45) is 0.888. The summed E-state index contributed by atoms with van der Waals surface area (Å²) in [5.74, 6) is 0.236. The highest BCUT2D eigenvalue weighted by atomic mass is 32.1. The summed E-state index contributed by atoms with van der Waals surface area (Å²) in [5.41, 5.74) is 1.03. The molecule has 1 unspecified atom stereocenters. The van der Waals surface area contributed by atoms with Crippen LogP contribution in [-0.2, 0) is 6.54 Å². The molecule has 0 aromatic carbocycles. The van der Waals surface area contributed by atoms with Gasteiger partial charge in [-0.1, -0.05) is 0 Å². The molecular weight excluding hydrogens is 250 g/mol. The molecule has 1 aromatic rings. The van der Waals surface area contributed by atoms with Crippen LogP contribution in [0.15, 0.2) is 0 Å². The highest BCUT2D eigenvalue weighted by Crippen LogP contribution is 2.17. The maximum Gasteiger partial charge on any atom is 0.317 e. The molecule has 1 aliphatic heterocycles. The highest BCUT2D eigenvalue weighted by Gasteiger charge is 2.25. The predicted octanol–water partition coefficient (Wildman–Crippen LogP) is 1.28. The van der Waals surface area contributed by atoms with Crippen molar-refractivity contribution in [1.82, 2.24) is 15.2 Å². The number of hydrogen-bond acceptors (Lipinski definition) is 4. The molecule has 2 heterocycles. The molecule has 2 amide bonds. The second-order valence-electron chi connectivity index (χ2n) is 4.69. The minimum atomic E-state index is -0.0588. The summed E-state index contributed by atoms with van der Waals surface area (Å²) in [4.78, 5) is 19.2. The number of carbonyl (C=O) groups is 1. The lowest BCUT2D eigenvalue weighted by atomic mass is 10.1. The standard InChI is InChI=1S/C12H19N3O2S/c1-8-9(2)18-11(14-8)5-13-12(17)15-4-3-10(6-15)7-16/h10,16H,3-7H2,1-2H3,(H,13,17). The van der Waals surface area contributed by atoms with Crippen LogP contribution in [0.1, 0.15) is 22.0 Å². The van der Waals surface area contributed by atoms with Crippen LogP contribution in [0, 0.1) is 19.8 Å². The van der Waals surface area contributed by atoms with Gasteiger partial charge >= 0.3 is 6.03 Å². The summed E-state index contributed by atoms with van der Waals surface area (Å²) in [6, 6.07) is -0.0588. The number of hydrogen-bond donors (Lipinski definition) is 2. The molecule has 0 aliphatic carbocycles. The zero-order chi connectivity index (χ0) is 13.1. The molecule has 100 valence electrons. The van der Waals surface area contributed by atoms with Gasteiger partial charge in [-0.05, 0) is 20.3 Å². The van der Waals surface area contributed by atoms with Crippen molar-refractivity contribution < 1.29 is 9.90 Å². The molecule has 6 heteroatoms. The van der Waals surface area contributed by atoms with Gasteiger partial charge in [-0.15, -0.1) is 11.3 Å². The molecule has 1 fully saturated rings. The lowest BCUT2D eigenvalue weighted by Crippen LogP contribution is -2.38. The second-order valence-corrected chi connectivity index (χ2v) is 5.98. The zero-order valence-electron chi connectivity index (χ0n) is 10.8. The van der Waals surface area contributed by atoms with Crippen LogP contribution in [0.3, 0.4) is 0 Å². The minimum absolute atomic E-state index is 0.0588. The normalized spacial score (nSPS) is 19.3. The third kappa shape index (κ3) is 3.00. The molecule has 1 saturated heterocycles. The molecule has 0 spiro atoms. The molecule has 0 radical (unpaired) electrons. The van der Waals surface area contributed by atoms with Crippen molar-refractivity contribution in [2.75, 3.05) is 19.7 Å². The number of likely N-dealkylation sites (tertiary alicyclic amines) is 1. The molecule has 1 aromatic heterocycles. The van der Waals surface area contributed by atoms with Gasteiger partial charge in [-0.25, -0.2) is 9.78 Å². The number of aryl methyl sites for hydroxylation is 2. The van der Waals surface area contributed by atoms with E-state index >= 15 is 0 Å². The van der Waals surface area contributed by atoms with Gasteiger partial charge in [-0.2, -0.15) is 0 Å². The largest absolute Gasteiger partial charge is 0.396 e. The molecule has 0 bridgehead atoms. The van der Waals surface area contributed by atoms with E-state index in [-0.39, 0.29) is 18.6 Å². The molecule has 1 atom stereocenters. The summed E-state index contributed by atoms with van der Waals surface area (Å²) in [6.45, 7) is 6.03. The van der Waals surface area contributed by atoms with Gasteiger partial charge in [0.1, 0.15) is 5.01 Å². The number of nitrogens with one attached hydrogen (secondary N) is 1. The lowest BCUT2D eigenvalue weighted by Gasteiger charge is -2.16. The number of rotatable bonds is 3. The Morgan fingerprint density at radius 1 is 1.61 bits per heavy atom.